The molecule has 6 heteroatoms. The van der Waals surface area contributed by atoms with Crippen molar-refractivity contribution in [3.63, 3.8) is 0 Å². The molecule has 3 rings (SSSR count). The van der Waals surface area contributed by atoms with Gasteiger partial charge in [0.05, 0.1) is 36.0 Å². The van der Waals surface area contributed by atoms with Crippen molar-refractivity contribution in [3.8, 4) is 11.3 Å². The van der Waals surface area contributed by atoms with Crippen LogP contribution in [0.25, 0.3) is 11.3 Å². The largest absolute Gasteiger partial charge is 0.372 e. The van der Waals surface area contributed by atoms with Gasteiger partial charge in [-0.15, -0.1) is 0 Å². The molecule has 6 nitrogen and oxygen atoms in total. The van der Waals surface area contributed by atoms with Crippen LogP contribution in [0.4, 0.5) is 5.82 Å². The van der Waals surface area contributed by atoms with Crippen LogP contribution in [-0.2, 0) is 4.74 Å². The average molecular weight is 286 g/mol. The highest BCUT2D eigenvalue weighted by molar-refractivity contribution is 5.85. The maximum atomic E-state index is 11.4. The van der Waals surface area contributed by atoms with Crippen molar-refractivity contribution in [2.75, 3.05) is 18.0 Å². The molecule has 1 N–H and O–H groups in total. The van der Waals surface area contributed by atoms with Crippen molar-refractivity contribution in [3.05, 3.63) is 30.4 Å². The minimum Gasteiger partial charge on any atom is -0.372 e. The van der Waals surface area contributed by atoms with Gasteiger partial charge in [0.15, 0.2) is 6.29 Å². The minimum absolute atomic E-state index is 0.127. The van der Waals surface area contributed by atoms with Crippen molar-refractivity contribution in [2.24, 2.45) is 0 Å². The molecule has 110 valence electrons. The van der Waals surface area contributed by atoms with E-state index >= 15 is 0 Å². The van der Waals surface area contributed by atoms with E-state index in [1.807, 2.05) is 19.9 Å². The Morgan fingerprint density at radius 3 is 2.71 bits per heavy atom. The predicted octanol–water partition coefficient (Wildman–Crippen LogP) is 1.90. The molecule has 0 aromatic carbocycles. The van der Waals surface area contributed by atoms with E-state index < -0.39 is 0 Å². The molecule has 2 atom stereocenters. The molecule has 0 aliphatic carbocycles. The number of imidazole rings is 1. The van der Waals surface area contributed by atoms with Crippen LogP contribution in [0.2, 0.25) is 0 Å². The summed E-state index contributed by atoms with van der Waals surface area (Å²) in [5, 5.41) is 0. The quantitative estimate of drug-likeness (QED) is 0.873. The number of carbonyl (C=O) groups excluding carboxylic acids is 1. The highest BCUT2D eigenvalue weighted by atomic mass is 16.5. The molecule has 0 saturated carbocycles. The van der Waals surface area contributed by atoms with Crippen LogP contribution < -0.4 is 4.90 Å². The van der Waals surface area contributed by atoms with E-state index in [4.69, 9.17) is 4.74 Å². The molecule has 3 heterocycles. The Bertz CT molecular complexity index is 617. The highest BCUT2D eigenvalue weighted by Gasteiger charge is 2.25. The lowest BCUT2D eigenvalue weighted by Crippen LogP contribution is -2.46. The van der Waals surface area contributed by atoms with E-state index in [-0.39, 0.29) is 12.2 Å². The van der Waals surface area contributed by atoms with E-state index in [1.54, 1.807) is 18.7 Å². The summed E-state index contributed by atoms with van der Waals surface area (Å²) in [5.74, 6) is 0.718. The van der Waals surface area contributed by atoms with E-state index in [0.29, 0.717) is 5.56 Å². The van der Waals surface area contributed by atoms with Crippen molar-refractivity contribution >= 4 is 12.1 Å². The van der Waals surface area contributed by atoms with Crippen molar-refractivity contribution in [2.45, 2.75) is 26.1 Å². The topological polar surface area (TPSA) is 71.1 Å². The van der Waals surface area contributed by atoms with E-state index in [1.165, 1.54) is 0 Å². The molecule has 1 aliphatic rings. The first-order chi connectivity index (χ1) is 10.2. The zero-order valence-electron chi connectivity index (χ0n) is 12.1. The number of aromatic nitrogens is 3. The van der Waals surface area contributed by atoms with Gasteiger partial charge in [-0.25, -0.2) is 9.97 Å². The third-order valence-corrected chi connectivity index (χ3v) is 3.55. The number of aldehydes is 1. The highest BCUT2D eigenvalue weighted by Crippen LogP contribution is 2.25. The lowest BCUT2D eigenvalue weighted by molar-refractivity contribution is -0.00549. The van der Waals surface area contributed by atoms with Gasteiger partial charge in [-0.05, 0) is 19.9 Å². The Balaban J connectivity index is 1.94. The number of anilines is 1. The fourth-order valence-electron chi connectivity index (χ4n) is 2.74. The van der Waals surface area contributed by atoms with Crippen LogP contribution >= 0.6 is 0 Å². The van der Waals surface area contributed by atoms with Crippen molar-refractivity contribution in [1.29, 1.82) is 0 Å². The first-order valence-electron chi connectivity index (χ1n) is 7.01. The molecule has 2 aromatic heterocycles. The summed E-state index contributed by atoms with van der Waals surface area (Å²) in [4.78, 5) is 25.0. The van der Waals surface area contributed by atoms with Crippen LogP contribution in [-0.4, -0.2) is 46.5 Å². The average Bonchev–Trinajstić information content (AvgIpc) is 2.99. The van der Waals surface area contributed by atoms with Gasteiger partial charge >= 0.3 is 0 Å². The lowest BCUT2D eigenvalue weighted by Gasteiger charge is -2.36. The number of carbonyl (C=O) groups is 1. The fraction of sp³-hybridized carbons (Fsp3) is 0.400. The second kappa shape index (κ2) is 5.65. The summed E-state index contributed by atoms with van der Waals surface area (Å²) < 4.78 is 5.72. The molecule has 21 heavy (non-hydrogen) atoms. The Morgan fingerprint density at radius 2 is 2.10 bits per heavy atom. The smallest absolute Gasteiger partial charge is 0.153 e. The molecular formula is C15H18N4O2. The number of nitrogens with one attached hydrogen (secondary N) is 1. The Kier molecular flexibility index (Phi) is 3.70. The minimum atomic E-state index is 0.127. The van der Waals surface area contributed by atoms with Gasteiger partial charge in [0.1, 0.15) is 5.82 Å². The number of hydrogen-bond donors (Lipinski definition) is 1. The van der Waals surface area contributed by atoms with Gasteiger partial charge < -0.3 is 14.6 Å². The summed E-state index contributed by atoms with van der Waals surface area (Å²) >= 11 is 0. The maximum absolute atomic E-state index is 11.4. The lowest BCUT2D eigenvalue weighted by atomic mass is 10.1. The second-order valence-electron chi connectivity index (χ2n) is 5.38. The van der Waals surface area contributed by atoms with Crippen LogP contribution in [0.1, 0.15) is 24.2 Å². The standard InChI is InChI=1S/C15H18N4O2/c1-10-6-19(7-11(2)21-10)15-13(8-20)3-12(4-17-15)14-5-16-9-18-14/h3-5,8-11H,6-7H2,1-2H3,(H,16,18). The summed E-state index contributed by atoms with van der Waals surface area (Å²) in [6.07, 6.45) is 6.19. The zero-order valence-corrected chi connectivity index (χ0v) is 12.1. The number of ether oxygens (including phenoxy) is 1. The molecule has 2 aromatic rings. The van der Waals surface area contributed by atoms with Crippen LogP contribution in [0.15, 0.2) is 24.8 Å². The molecule has 1 aliphatic heterocycles. The molecule has 0 radical (unpaired) electrons. The maximum Gasteiger partial charge on any atom is 0.153 e. The number of morpholine rings is 1. The predicted molar refractivity (Wildman–Crippen MR) is 79.4 cm³/mol. The third kappa shape index (κ3) is 2.80. The number of pyridine rings is 1. The van der Waals surface area contributed by atoms with Gasteiger partial charge in [-0.1, -0.05) is 0 Å². The van der Waals surface area contributed by atoms with Gasteiger partial charge in [-0.3, -0.25) is 4.79 Å². The normalized spacial score (nSPS) is 22.3. The summed E-state index contributed by atoms with van der Waals surface area (Å²) in [5.41, 5.74) is 2.29. The van der Waals surface area contributed by atoms with Gasteiger partial charge in [0, 0.05) is 24.8 Å². The Labute approximate surface area is 123 Å². The first-order valence-corrected chi connectivity index (χ1v) is 7.01. The van der Waals surface area contributed by atoms with E-state index in [0.717, 1.165) is 36.5 Å². The number of rotatable bonds is 3. The molecular weight excluding hydrogens is 268 g/mol. The fourth-order valence-corrected chi connectivity index (χ4v) is 2.74. The molecule has 2 unspecified atom stereocenters. The van der Waals surface area contributed by atoms with Gasteiger partial charge in [-0.2, -0.15) is 0 Å². The summed E-state index contributed by atoms with van der Waals surface area (Å²) in [6, 6.07) is 1.84. The number of hydrogen-bond acceptors (Lipinski definition) is 5. The van der Waals surface area contributed by atoms with Crippen LogP contribution in [0.3, 0.4) is 0 Å². The number of H-pyrrole nitrogens is 1. The zero-order chi connectivity index (χ0) is 14.8. The molecule has 0 spiro atoms. The van der Waals surface area contributed by atoms with Crippen molar-refractivity contribution in [1.82, 2.24) is 15.0 Å². The third-order valence-electron chi connectivity index (χ3n) is 3.55. The van der Waals surface area contributed by atoms with Gasteiger partial charge in [0.2, 0.25) is 0 Å². The monoisotopic (exact) mass is 286 g/mol. The Morgan fingerprint density at radius 1 is 1.33 bits per heavy atom. The Hall–Kier alpha value is -2.21. The van der Waals surface area contributed by atoms with E-state index in [9.17, 15) is 4.79 Å². The summed E-state index contributed by atoms with van der Waals surface area (Å²) in [6.45, 7) is 5.54. The SMILES string of the molecule is CC1CN(c2ncc(-c3cnc[nH]3)cc2C=O)CC(C)O1. The van der Waals surface area contributed by atoms with Gasteiger partial charge in [0.25, 0.3) is 0 Å². The number of nitrogens with zero attached hydrogens (tertiary/aromatic N) is 3. The summed E-state index contributed by atoms with van der Waals surface area (Å²) in [7, 11) is 0. The molecule has 1 saturated heterocycles. The molecule has 1 fully saturated rings. The van der Waals surface area contributed by atoms with E-state index in [2.05, 4.69) is 19.9 Å². The molecule has 0 bridgehead atoms. The first kappa shape index (κ1) is 13.8. The second-order valence-corrected chi connectivity index (χ2v) is 5.38. The molecule has 0 amide bonds. The number of aromatic amines is 1. The van der Waals surface area contributed by atoms with Crippen LogP contribution in [0.5, 0.6) is 0 Å². The van der Waals surface area contributed by atoms with Crippen LogP contribution in [0, 0.1) is 0 Å². The van der Waals surface area contributed by atoms with Crippen molar-refractivity contribution < 1.29 is 9.53 Å².